The van der Waals surface area contributed by atoms with E-state index in [9.17, 15) is 19.2 Å². The normalized spacial score (nSPS) is 21.9. The Morgan fingerprint density at radius 1 is 1.19 bits per heavy atom. The SMILES string of the molecule is COC(=O)C1CCN([C@@H]2CC(=O)N(c3cccc(C(=O)O)c3)C2=O)CC1. The van der Waals surface area contributed by atoms with Gasteiger partial charge in [0.1, 0.15) is 0 Å². The number of imide groups is 1. The Bertz CT molecular complexity index is 754. The minimum atomic E-state index is -1.12. The van der Waals surface area contributed by atoms with Crippen LogP contribution in [-0.4, -0.2) is 60.0 Å². The number of carboxylic acid groups (broad SMARTS) is 1. The Hall–Kier alpha value is -2.74. The van der Waals surface area contributed by atoms with Crippen LogP contribution in [-0.2, 0) is 19.1 Å². The molecular weight excluding hydrogens is 340 g/mol. The summed E-state index contributed by atoms with van der Waals surface area (Å²) in [4.78, 5) is 50.9. The first-order valence-electron chi connectivity index (χ1n) is 8.44. The highest BCUT2D eigenvalue weighted by Gasteiger charge is 2.44. The molecule has 0 spiro atoms. The predicted molar refractivity (Wildman–Crippen MR) is 90.6 cm³/mol. The summed E-state index contributed by atoms with van der Waals surface area (Å²) < 4.78 is 4.76. The van der Waals surface area contributed by atoms with E-state index in [1.807, 2.05) is 4.90 Å². The van der Waals surface area contributed by atoms with Gasteiger partial charge in [0.15, 0.2) is 0 Å². The smallest absolute Gasteiger partial charge is 0.335 e. The fraction of sp³-hybridized carbons (Fsp3) is 0.444. The van der Waals surface area contributed by atoms with Gasteiger partial charge in [0.05, 0.1) is 36.7 Å². The molecule has 138 valence electrons. The van der Waals surface area contributed by atoms with Crippen LogP contribution in [0.5, 0.6) is 0 Å². The van der Waals surface area contributed by atoms with Crippen LogP contribution in [0.15, 0.2) is 24.3 Å². The maximum Gasteiger partial charge on any atom is 0.335 e. The maximum atomic E-state index is 12.8. The first-order chi connectivity index (χ1) is 12.4. The van der Waals surface area contributed by atoms with E-state index in [1.165, 1.54) is 25.3 Å². The van der Waals surface area contributed by atoms with Crippen molar-refractivity contribution < 1.29 is 29.0 Å². The molecule has 0 bridgehead atoms. The van der Waals surface area contributed by atoms with Gasteiger partial charge in [0, 0.05) is 0 Å². The number of piperidine rings is 1. The summed E-state index contributed by atoms with van der Waals surface area (Å²) in [6, 6.07) is 5.22. The van der Waals surface area contributed by atoms with Crippen molar-refractivity contribution in [3.05, 3.63) is 29.8 Å². The molecule has 0 aromatic heterocycles. The van der Waals surface area contributed by atoms with Crippen molar-refractivity contribution in [2.75, 3.05) is 25.1 Å². The number of likely N-dealkylation sites (tertiary alicyclic amines) is 1. The summed E-state index contributed by atoms with van der Waals surface area (Å²) in [6.07, 6.45) is 1.22. The average Bonchev–Trinajstić information content (AvgIpc) is 2.95. The lowest BCUT2D eigenvalue weighted by molar-refractivity contribution is -0.147. The highest BCUT2D eigenvalue weighted by atomic mass is 16.5. The number of ether oxygens (including phenoxy) is 1. The van der Waals surface area contributed by atoms with Gasteiger partial charge in [0.25, 0.3) is 5.91 Å². The number of carbonyl (C=O) groups excluding carboxylic acids is 3. The number of nitrogens with zero attached hydrogens (tertiary/aromatic N) is 2. The fourth-order valence-corrected chi connectivity index (χ4v) is 3.56. The van der Waals surface area contributed by atoms with E-state index in [2.05, 4.69) is 0 Å². The molecule has 0 unspecified atom stereocenters. The average molecular weight is 360 g/mol. The zero-order valence-corrected chi connectivity index (χ0v) is 14.4. The summed E-state index contributed by atoms with van der Waals surface area (Å²) in [7, 11) is 1.36. The van der Waals surface area contributed by atoms with E-state index in [-0.39, 0.29) is 41.4 Å². The first kappa shape index (κ1) is 18.1. The number of amides is 2. The van der Waals surface area contributed by atoms with Gasteiger partial charge in [-0.15, -0.1) is 0 Å². The Kier molecular flexibility index (Phi) is 5.03. The number of carboxylic acids is 1. The molecular formula is C18H20N2O6. The minimum Gasteiger partial charge on any atom is -0.478 e. The number of methoxy groups -OCH3 is 1. The van der Waals surface area contributed by atoms with Crippen LogP contribution in [0.3, 0.4) is 0 Å². The molecule has 3 rings (SSSR count). The topological polar surface area (TPSA) is 104 Å². The molecule has 2 aliphatic heterocycles. The number of carbonyl (C=O) groups is 4. The molecule has 0 saturated carbocycles. The summed E-state index contributed by atoms with van der Waals surface area (Å²) >= 11 is 0. The summed E-state index contributed by atoms with van der Waals surface area (Å²) in [5.74, 6) is -2.24. The highest BCUT2D eigenvalue weighted by molar-refractivity contribution is 6.22. The number of hydrogen-bond donors (Lipinski definition) is 1. The molecule has 0 radical (unpaired) electrons. The van der Waals surface area contributed by atoms with Crippen LogP contribution in [0.4, 0.5) is 5.69 Å². The molecule has 1 aromatic carbocycles. The number of hydrogen-bond acceptors (Lipinski definition) is 6. The van der Waals surface area contributed by atoms with Gasteiger partial charge in [-0.25, -0.2) is 9.69 Å². The zero-order chi connectivity index (χ0) is 18.8. The van der Waals surface area contributed by atoms with E-state index in [4.69, 9.17) is 9.84 Å². The monoisotopic (exact) mass is 360 g/mol. The molecule has 26 heavy (non-hydrogen) atoms. The third kappa shape index (κ3) is 3.32. The quantitative estimate of drug-likeness (QED) is 0.628. The molecule has 2 aliphatic rings. The largest absolute Gasteiger partial charge is 0.478 e. The molecule has 2 heterocycles. The molecule has 2 saturated heterocycles. The lowest BCUT2D eigenvalue weighted by Gasteiger charge is -2.33. The molecule has 8 heteroatoms. The molecule has 8 nitrogen and oxygen atoms in total. The number of rotatable bonds is 4. The number of esters is 1. The van der Waals surface area contributed by atoms with Gasteiger partial charge in [-0.2, -0.15) is 0 Å². The van der Waals surface area contributed by atoms with Gasteiger partial charge >= 0.3 is 11.9 Å². The van der Waals surface area contributed by atoms with Gasteiger partial charge in [-0.05, 0) is 44.1 Å². The van der Waals surface area contributed by atoms with Crippen molar-refractivity contribution in [1.29, 1.82) is 0 Å². The lowest BCUT2D eigenvalue weighted by atomic mass is 9.95. The third-order valence-electron chi connectivity index (χ3n) is 4.98. The van der Waals surface area contributed by atoms with E-state index in [0.717, 1.165) is 4.90 Å². The Morgan fingerprint density at radius 2 is 1.88 bits per heavy atom. The number of anilines is 1. The molecule has 1 atom stereocenters. The van der Waals surface area contributed by atoms with Crippen molar-refractivity contribution in [2.45, 2.75) is 25.3 Å². The number of aromatic carboxylic acids is 1. The highest BCUT2D eigenvalue weighted by Crippen LogP contribution is 2.29. The molecule has 1 N–H and O–H groups in total. The van der Waals surface area contributed by atoms with Gasteiger partial charge in [-0.1, -0.05) is 6.07 Å². The van der Waals surface area contributed by atoms with Gasteiger partial charge in [-0.3, -0.25) is 19.3 Å². The van der Waals surface area contributed by atoms with E-state index >= 15 is 0 Å². The Morgan fingerprint density at radius 3 is 2.50 bits per heavy atom. The van der Waals surface area contributed by atoms with Crippen molar-refractivity contribution in [3.8, 4) is 0 Å². The first-order valence-corrected chi connectivity index (χ1v) is 8.44. The molecule has 2 fully saturated rings. The second kappa shape index (κ2) is 7.25. The number of benzene rings is 1. The molecule has 2 amide bonds. The minimum absolute atomic E-state index is 0.0189. The van der Waals surface area contributed by atoms with Crippen LogP contribution in [0.2, 0.25) is 0 Å². The Labute approximate surface area is 150 Å². The van der Waals surface area contributed by atoms with E-state index < -0.39 is 12.0 Å². The van der Waals surface area contributed by atoms with Gasteiger partial charge < -0.3 is 9.84 Å². The molecule has 1 aromatic rings. The third-order valence-corrected chi connectivity index (χ3v) is 4.98. The van der Waals surface area contributed by atoms with E-state index in [1.54, 1.807) is 6.07 Å². The maximum absolute atomic E-state index is 12.8. The second-order valence-corrected chi connectivity index (χ2v) is 6.48. The van der Waals surface area contributed by atoms with Crippen molar-refractivity contribution in [3.63, 3.8) is 0 Å². The molecule has 0 aliphatic carbocycles. The lowest BCUT2D eigenvalue weighted by Crippen LogP contribution is -2.47. The van der Waals surface area contributed by atoms with Crippen LogP contribution < -0.4 is 4.90 Å². The standard InChI is InChI=1S/C18H20N2O6/c1-26-18(25)11-5-7-19(8-6-11)14-10-15(21)20(16(14)22)13-4-2-3-12(9-13)17(23)24/h2-4,9,11,14H,5-8,10H2,1H3,(H,23,24)/t14-/m1/s1. The zero-order valence-electron chi connectivity index (χ0n) is 14.4. The van der Waals surface area contributed by atoms with Crippen molar-refractivity contribution in [1.82, 2.24) is 4.90 Å². The fourth-order valence-electron chi connectivity index (χ4n) is 3.56. The summed E-state index contributed by atoms with van der Waals surface area (Å²) in [5, 5.41) is 9.10. The van der Waals surface area contributed by atoms with Crippen LogP contribution >= 0.6 is 0 Å². The predicted octanol–water partition coefficient (Wildman–Crippen LogP) is 0.902. The van der Waals surface area contributed by atoms with Crippen LogP contribution in [0, 0.1) is 5.92 Å². The summed E-state index contributed by atoms with van der Waals surface area (Å²) in [6.45, 7) is 1.07. The van der Waals surface area contributed by atoms with Crippen LogP contribution in [0.1, 0.15) is 29.6 Å². The van der Waals surface area contributed by atoms with Gasteiger partial charge in [0.2, 0.25) is 5.91 Å². The van der Waals surface area contributed by atoms with E-state index in [0.29, 0.717) is 25.9 Å². The van der Waals surface area contributed by atoms with Crippen molar-refractivity contribution in [2.24, 2.45) is 5.92 Å². The Balaban J connectivity index is 1.73. The van der Waals surface area contributed by atoms with Crippen molar-refractivity contribution >= 4 is 29.4 Å². The van der Waals surface area contributed by atoms with Crippen LogP contribution in [0.25, 0.3) is 0 Å². The summed E-state index contributed by atoms with van der Waals surface area (Å²) in [5.41, 5.74) is 0.289. The second-order valence-electron chi connectivity index (χ2n) is 6.48.